The van der Waals surface area contributed by atoms with Gasteiger partial charge in [0.15, 0.2) is 0 Å². The number of fused-ring (bicyclic) bond motifs is 1. The standard InChI is InChI=1S/C18H19Si.2ClH.Zr/c1-19(2,3)18-10-8-14(9-11-18)17-12-15-6-4-5-7-16(15)13-17;;;/h4-13H,1-3H3;2*1H;/q-1;;;+3/p-2. The molecule has 3 rings (SSSR count). The largest absolute Gasteiger partial charge is 3.00 e. The number of rotatable bonds is 2. The van der Waals surface area contributed by atoms with Gasteiger partial charge in [0.05, 0.1) is 8.07 Å². The van der Waals surface area contributed by atoms with Gasteiger partial charge in [-0.2, -0.15) is 0 Å². The molecule has 113 valence electrons. The SMILES string of the molecule is C[Si](C)(C)c1ccc(-c2cc3ccccc3[cH-]2)cc1.[Cl-].[Cl-].[Zr+3]. The quantitative estimate of drug-likeness (QED) is 0.357. The van der Waals surface area contributed by atoms with E-state index in [0.29, 0.717) is 0 Å². The van der Waals surface area contributed by atoms with Crippen LogP contribution in [0.15, 0.2) is 60.7 Å². The predicted molar refractivity (Wildman–Crippen MR) is 88.0 cm³/mol. The fraction of sp³-hybridized carbons (Fsp3) is 0.167. The van der Waals surface area contributed by atoms with Gasteiger partial charge in [-0.3, -0.25) is 0 Å². The second-order valence-electron chi connectivity index (χ2n) is 6.20. The molecule has 22 heavy (non-hydrogen) atoms. The van der Waals surface area contributed by atoms with Crippen molar-refractivity contribution in [3.05, 3.63) is 60.7 Å². The van der Waals surface area contributed by atoms with Crippen molar-refractivity contribution >= 4 is 24.0 Å². The molecule has 0 saturated carbocycles. The van der Waals surface area contributed by atoms with Gasteiger partial charge in [0.25, 0.3) is 0 Å². The summed E-state index contributed by atoms with van der Waals surface area (Å²) in [6, 6.07) is 22.2. The number of halogens is 2. The summed E-state index contributed by atoms with van der Waals surface area (Å²) in [7, 11) is -1.19. The van der Waals surface area contributed by atoms with Crippen LogP contribution in [0.25, 0.3) is 21.9 Å². The first-order chi connectivity index (χ1) is 9.04. The zero-order chi connectivity index (χ0) is 13.5. The molecule has 0 aliphatic rings. The van der Waals surface area contributed by atoms with Crippen LogP contribution in [0, 0.1) is 0 Å². The zero-order valence-corrected chi connectivity index (χ0v) is 18.0. The molecule has 3 aromatic rings. The zero-order valence-electron chi connectivity index (χ0n) is 13.0. The Morgan fingerprint density at radius 1 is 0.818 bits per heavy atom. The van der Waals surface area contributed by atoms with Crippen molar-refractivity contribution in [3.8, 4) is 11.1 Å². The van der Waals surface area contributed by atoms with E-state index < -0.39 is 8.07 Å². The first-order valence-electron chi connectivity index (χ1n) is 6.80. The summed E-state index contributed by atoms with van der Waals surface area (Å²) in [6.07, 6.45) is 0. The van der Waals surface area contributed by atoms with Gasteiger partial charge in [-0.25, -0.2) is 0 Å². The van der Waals surface area contributed by atoms with Crippen LogP contribution in [0.5, 0.6) is 0 Å². The van der Waals surface area contributed by atoms with Crippen LogP contribution >= 0.6 is 0 Å². The van der Waals surface area contributed by atoms with Crippen molar-refractivity contribution in [3.63, 3.8) is 0 Å². The Labute approximate surface area is 165 Å². The second-order valence-corrected chi connectivity index (χ2v) is 11.3. The van der Waals surface area contributed by atoms with Gasteiger partial charge in [0.2, 0.25) is 0 Å². The monoisotopic (exact) mass is 423 g/mol. The summed E-state index contributed by atoms with van der Waals surface area (Å²) in [6.45, 7) is 7.16. The van der Waals surface area contributed by atoms with Crippen LogP contribution in [-0.4, -0.2) is 8.07 Å². The Kier molecular flexibility index (Phi) is 8.44. The molecule has 1 radical (unpaired) electrons. The van der Waals surface area contributed by atoms with Crippen molar-refractivity contribution in [2.75, 3.05) is 0 Å². The van der Waals surface area contributed by atoms with E-state index in [0.717, 1.165) is 0 Å². The van der Waals surface area contributed by atoms with E-state index in [1.807, 2.05) is 0 Å². The molecule has 0 amide bonds. The molecule has 0 aromatic heterocycles. The van der Waals surface area contributed by atoms with E-state index in [-0.39, 0.29) is 51.0 Å². The summed E-state index contributed by atoms with van der Waals surface area (Å²) in [5.41, 5.74) is 2.64. The van der Waals surface area contributed by atoms with Gasteiger partial charge < -0.3 is 24.8 Å². The Balaban J connectivity index is 0.00000147. The molecule has 0 saturated heterocycles. The van der Waals surface area contributed by atoms with Crippen LogP contribution in [-0.2, 0) is 26.2 Å². The summed E-state index contributed by atoms with van der Waals surface area (Å²) < 4.78 is 0. The summed E-state index contributed by atoms with van der Waals surface area (Å²) in [5, 5.41) is 4.17. The minimum absolute atomic E-state index is 0. The molecule has 0 aliphatic heterocycles. The van der Waals surface area contributed by atoms with Crippen LogP contribution in [0.2, 0.25) is 19.6 Å². The van der Waals surface area contributed by atoms with Gasteiger partial charge in [0.1, 0.15) is 0 Å². The average molecular weight is 426 g/mol. The van der Waals surface area contributed by atoms with E-state index in [4.69, 9.17) is 0 Å². The summed E-state index contributed by atoms with van der Waals surface area (Å²) >= 11 is 0. The van der Waals surface area contributed by atoms with E-state index in [1.165, 1.54) is 27.1 Å². The molecule has 0 fully saturated rings. The Hall–Kier alpha value is -0.270. The molecule has 0 unspecified atom stereocenters. The third-order valence-electron chi connectivity index (χ3n) is 3.70. The fourth-order valence-corrected chi connectivity index (χ4v) is 3.65. The van der Waals surface area contributed by atoms with Crippen molar-refractivity contribution in [2.24, 2.45) is 0 Å². The molecule has 0 atom stereocenters. The molecule has 0 N–H and O–H groups in total. The number of hydrogen-bond acceptors (Lipinski definition) is 0. The first kappa shape index (κ1) is 21.7. The summed E-state index contributed by atoms with van der Waals surface area (Å²) in [5.74, 6) is 0. The normalized spacial score (nSPS) is 10.3. The summed E-state index contributed by atoms with van der Waals surface area (Å²) in [4.78, 5) is 0. The third kappa shape index (κ3) is 4.61. The molecule has 0 spiro atoms. The van der Waals surface area contributed by atoms with E-state index in [2.05, 4.69) is 80.3 Å². The van der Waals surface area contributed by atoms with Gasteiger partial charge in [0, 0.05) is 0 Å². The van der Waals surface area contributed by atoms with Gasteiger partial charge in [-0.15, -0.1) is 34.5 Å². The maximum absolute atomic E-state index is 2.39. The molecular weight excluding hydrogens is 406 g/mol. The second kappa shape index (κ2) is 8.55. The van der Waals surface area contributed by atoms with Gasteiger partial charge in [-0.05, 0) is 0 Å². The van der Waals surface area contributed by atoms with Crippen LogP contribution in [0.3, 0.4) is 0 Å². The Morgan fingerprint density at radius 2 is 1.41 bits per heavy atom. The number of hydrogen-bond donors (Lipinski definition) is 0. The van der Waals surface area contributed by atoms with Crippen molar-refractivity contribution in [2.45, 2.75) is 19.6 Å². The van der Waals surface area contributed by atoms with Gasteiger partial charge in [-0.1, -0.05) is 72.9 Å². The minimum Gasteiger partial charge on any atom is -1.00 e. The van der Waals surface area contributed by atoms with E-state index >= 15 is 0 Å². The van der Waals surface area contributed by atoms with Crippen molar-refractivity contribution in [1.29, 1.82) is 0 Å². The molecule has 0 bridgehead atoms. The first-order valence-corrected chi connectivity index (χ1v) is 10.3. The van der Waals surface area contributed by atoms with E-state index in [1.54, 1.807) is 0 Å². The third-order valence-corrected chi connectivity index (χ3v) is 5.77. The van der Waals surface area contributed by atoms with Crippen LogP contribution in [0.1, 0.15) is 0 Å². The topological polar surface area (TPSA) is 0 Å². The smallest absolute Gasteiger partial charge is 1.00 e. The molecular formula is C18H19Cl2SiZr. The van der Waals surface area contributed by atoms with Gasteiger partial charge >= 0.3 is 26.2 Å². The number of benzene rings is 2. The van der Waals surface area contributed by atoms with E-state index in [9.17, 15) is 0 Å². The Bertz CT molecular complexity index is 679. The predicted octanol–water partition coefficient (Wildman–Crippen LogP) is -1.22. The molecule has 3 aromatic carbocycles. The van der Waals surface area contributed by atoms with Crippen molar-refractivity contribution in [1.82, 2.24) is 0 Å². The molecule has 0 aliphatic carbocycles. The molecule has 0 nitrogen and oxygen atoms in total. The Morgan fingerprint density at radius 3 is 1.95 bits per heavy atom. The maximum Gasteiger partial charge on any atom is 3.00 e. The van der Waals surface area contributed by atoms with Crippen LogP contribution in [0.4, 0.5) is 0 Å². The van der Waals surface area contributed by atoms with Crippen LogP contribution < -0.4 is 30.0 Å². The van der Waals surface area contributed by atoms with Crippen molar-refractivity contribution < 1.29 is 51.0 Å². The fourth-order valence-electron chi connectivity index (χ4n) is 2.48. The minimum atomic E-state index is -1.19. The maximum atomic E-state index is 2.39. The average Bonchev–Trinajstić information content (AvgIpc) is 2.81. The molecule has 0 heterocycles. The molecule has 4 heteroatoms.